The molecular weight excluding hydrogens is 352 g/mol. The van der Waals surface area contributed by atoms with Crippen molar-refractivity contribution in [1.29, 1.82) is 0 Å². The number of ether oxygens (including phenoxy) is 2. The zero-order valence-electron chi connectivity index (χ0n) is 15.3. The normalized spacial score (nSPS) is 10.2. The van der Waals surface area contributed by atoms with Gasteiger partial charge in [0.15, 0.2) is 6.61 Å². The summed E-state index contributed by atoms with van der Waals surface area (Å²) < 4.78 is 10.0. The van der Waals surface area contributed by atoms with Crippen LogP contribution in [-0.4, -0.2) is 42.5 Å². The minimum Gasteiger partial charge on any atom is -0.496 e. The predicted molar refractivity (Wildman–Crippen MR) is 97.6 cm³/mol. The van der Waals surface area contributed by atoms with E-state index in [1.54, 1.807) is 7.05 Å². The number of hydrogen-bond donors (Lipinski definition) is 0. The van der Waals surface area contributed by atoms with Crippen molar-refractivity contribution in [2.45, 2.75) is 13.5 Å². The Labute approximate surface area is 156 Å². The predicted octanol–water partition coefficient (Wildman–Crippen LogP) is 2.73. The number of nitrogens with zero attached hydrogens (tertiary/aromatic N) is 2. The Morgan fingerprint density at radius 2 is 1.81 bits per heavy atom. The van der Waals surface area contributed by atoms with E-state index in [1.807, 2.05) is 31.2 Å². The van der Waals surface area contributed by atoms with Gasteiger partial charge in [-0.15, -0.1) is 0 Å². The molecule has 0 spiro atoms. The third kappa shape index (κ3) is 5.27. The minimum absolute atomic E-state index is 0.110. The molecule has 0 aliphatic heterocycles. The number of carbonyl (C=O) groups excluding carboxylic acids is 2. The molecule has 0 aliphatic carbocycles. The summed E-state index contributed by atoms with van der Waals surface area (Å²) in [7, 11) is 2.93. The zero-order valence-corrected chi connectivity index (χ0v) is 15.3. The van der Waals surface area contributed by atoms with Crippen LogP contribution in [0.5, 0.6) is 5.75 Å². The Hall–Kier alpha value is -3.42. The zero-order chi connectivity index (χ0) is 20.0. The van der Waals surface area contributed by atoms with Crippen molar-refractivity contribution in [1.82, 2.24) is 4.90 Å². The number of benzene rings is 2. The molecule has 0 bridgehead atoms. The standard InChI is InChI=1S/C19H20N2O6/c1-13-4-6-14(7-5-13)11-20(2)18(22)12-27-19(23)16-10-15(21(24)25)8-9-17(16)26-3/h4-10H,11-12H2,1-3H3. The van der Waals surface area contributed by atoms with E-state index in [1.165, 1.54) is 24.1 Å². The Balaban J connectivity index is 1.99. The highest BCUT2D eigenvalue weighted by molar-refractivity contribution is 5.94. The average molecular weight is 372 g/mol. The number of carbonyl (C=O) groups is 2. The number of likely N-dealkylation sites (N-methyl/N-ethyl adjacent to an activating group) is 1. The van der Waals surface area contributed by atoms with E-state index >= 15 is 0 Å². The van der Waals surface area contributed by atoms with Crippen molar-refractivity contribution in [3.05, 3.63) is 69.3 Å². The van der Waals surface area contributed by atoms with E-state index in [2.05, 4.69) is 0 Å². The van der Waals surface area contributed by atoms with Gasteiger partial charge in [-0.2, -0.15) is 0 Å². The molecule has 2 aromatic rings. The van der Waals surface area contributed by atoms with Crippen molar-refractivity contribution in [3.8, 4) is 5.75 Å². The fraction of sp³-hybridized carbons (Fsp3) is 0.263. The van der Waals surface area contributed by atoms with Crippen LogP contribution >= 0.6 is 0 Å². The summed E-state index contributed by atoms with van der Waals surface area (Å²) in [6.45, 7) is 1.87. The number of nitro groups is 1. The molecule has 0 unspecified atom stereocenters. The maximum atomic E-state index is 12.2. The highest BCUT2D eigenvalue weighted by Crippen LogP contribution is 2.24. The van der Waals surface area contributed by atoms with Crippen molar-refractivity contribution < 1.29 is 24.0 Å². The summed E-state index contributed by atoms with van der Waals surface area (Å²) in [6, 6.07) is 11.3. The van der Waals surface area contributed by atoms with Crippen molar-refractivity contribution >= 4 is 17.6 Å². The Morgan fingerprint density at radius 1 is 1.15 bits per heavy atom. The van der Waals surface area contributed by atoms with Gasteiger partial charge in [-0.25, -0.2) is 4.79 Å². The Kier molecular flexibility index (Phi) is 6.48. The maximum Gasteiger partial charge on any atom is 0.342 e. The van der Waals surface area contributed by atoms with Crippen LogP contribution in [0.3, 0.4) is 0 Å². The number of esters is 1. The van der Waals surface area contributed by atoms with Gasteiger partial charge in [-0.1, -0.05) is 29.8 Å². The summed E-state index contributed by atoms with van der Waals surface area (Å²) in [4.78, 5) is 36.1. The van der Waals surface area contributed by atoms with E-state index in [4.69, 9.17) is 9.47 Å². The van der Waals surface area contributed by atoms with Crippen molar-refractivity contribution in [2.24, 2.45) is 0 Å². The van der Waals surface area contributed by atoms with Crippen molar-refractivity contribution in [3.63, 3.8) is 0 Å². The van der Waals surface area contributed by atoms with Gasteiger partial charge in [0.05, 0.1) is 12.0 Å². The first-order valence-electron chi connectivity index (χ1n) is 8.11. The van der Waals surface area contributed by atoms with E-state index in [-0.39, 0.29) is 17.0 Å². The van der Waals surface area contributed by atoms with Gasteiger partial charge < -0.3 is 14.4 Å². The molecule has 0 aromatic heterocycles. The lowest BCUT2D eigenvalue weighted by Crippen LogP contribution is -2.30. The summed E-state index contributed by atoms with van der Waals surface area (Å²) in [5.74, 6) is -1.13. The molecule has 0 radical (unpaired) electrons. The lowest BCUT2D eigenvalue weighted by atomic mass is 10.1. The SMILES string of the molecule is COc1ccc([N+](=O)[O-])cc1C(=O)OCC(=O)N(C)Cc1ccc(C)cc1. The van der Waals surface area contributed by atoms with Gasteiger partial charge in [0.2, 0.25) is 0 Å². The van der Waals surface area contributed by atoms with Crippen LogP contribution in [0.1, 0.15) is 21.5 Å². The minimum atomic E-state index is -0.868. The Bertz CT molecular complexity index is 848. The lowest BCUT2D eigenvalue weighted by molar-refractivity contribution is -0.384. The molecule has 0 fully saturated rings. The molecule has 0 heterocycles. The van der Waals surface area contributed by atoms with Gasteiger partial charge in [0, 0.05) is 25.7 Å². The molecule has 142 valence electrons. The molecular formula is C19H20N2O6. The molecule has 8 heteroatoms. The van der Waals surface area contributed by atoms with E-state index in [0.717, 1.165) is 17.2 Å². The smallest absolute Gasteiger partial charge is 0.342 e. The highest BCUT2D eigenvalue weighted by Gasteiger charge is 2.20. The monoisotopic (exact) mass is 372 g/mol. The number of nitro benzene ring substituents is 1. The molecule has 0 atom stereocenters. The second-order valence-corrected chi connectivity index (χ2v) is 5.95. The first-order valence-corrected chi connectivity index (χ1v) is 8.11. The molecule has 0 saturated heterocycles. The lowest BCUT2D eigenvalue weighted by Gasteiger charge is -2.17. The number of non-ortho nitro benzene ring substituents is 1. The molecule has 27 heavy (non-hydrogen) atoms. The largest absolute Gasteiger partial charge is 0.496 e. The van der Waals surface area contributed by atoms with Gasteiger partial charge in [-0.05, 0) is 18.6 Å². The summed E-state index contributed by atoms with van der Waals surface area (Å²) in [5, 5.41) is 10.9. The fourth-order valence-electron chi connectivity index (χ4n) is 2.34. The number of aryl methyl sites for hydroxylation is 1. The maximum absolute atomic E-state index is 12.2. The van der Waals surface area contributed by atoms with Crippen LogP contribution in [-0.2, 0) is 16.1 Å². The second kappa shape index (κ2) is 8.79. The van der Waals surface area contributed by atoms with Gasteiger partial charge >= 0.3 is 5.97 Å². The molecule has 2 rings (SSSR count). The summed E-state index contributed by atoms with van der Waals surface area (Å²) in [6.07, 6.45) is 0. The third-order valence-electron chi connectivity index (χ3n) is 3.91. The highest BCUT2D eigenvalue weighted by atomic mass is 16.6. The van der Waals surface area contributed by atoms with Crippen LogP contribution < -0.4 is 4.74 Å². The van der Waals surface area contributed by atoms with E-state index in [0.29, 0.717) is 6.54 Å². The van der Waals surface area contributed by atoms with Crippen molar-refractivity contribution in [2.75, 3.05) is 20.8 Å². The van der Waals surface area contributed by atoms with E-state index < -0.39 is 23.4 Å². The number of rotatable bonds is 7. The number of hydrogen-bond acceptors (Lipinski definition) is 6. The van der Waals surface area contributed by atoms with Crippen LogP contribution in [0.2, 0.25) is 0 Å². The summed E-state index contributed by atoms with van der Waals surface area (Å²) in [5.41, 5.74) is 1.68. The fourth-order valence-corrected chi connectivity index (χ4v) is 2.34. The van der Waals surface area contributed by atoms with Gasteiger partial charge in [0.1, 0.15) is 11.3 Å². The van der Waals surface area contributed by atoms with Gasteiger partial charge in [-0.3, -0.25) is 14.9 Å². The van der Waals surface area contributed by atoms with E-state index in [9.17, 15) is 19.7 Å². The topological polar surface area (TPSA) is 99.0 Å². The second-order valence-electron chi connectivity index (χ2n) is 5.95. The molecule has 1 amide bonds. The first kappa shape index (κ1) is 19.9. The first-order chi connectivity index (χ1) is 12.8. The van der Waals surface area contributed by atoms with Gasteiger partial charge in [0.25, 0.3) is 11.6 Å². The van der Waals surface area contributed by atoms with Crippen LogP contribution in [0.25, 0.3) is 0 Å². The number of methoxy groups -OCH3 is 1. The van der Waals surface area contributed by atoms with Crippen LogP contribution in [0.15, 0.2) is 42.5 Å². The summed E-state index contributed by atoms with van der Waals surface area (Å²) >= 11 is 0. The Morgan fingerprint density at radius 3 is 2.41 bits per heavy atom. The average Bonchev–Trinajstić information content (AvgIpc) is 2.66. The molecule has 0 N–H and O–H groups in total. The molecule has 0 aliphatic rings. The number of amides is 1. The molecule has 2 aromatic carbocycles. The molecule has 8 nitrogen and oxygen atoms in total. The van der Waals surface area contributed by atoms with Crippen LogP contribution in [0, 0.1) is 17.0 Å². The third-order valence-corrected chi connectivity index (χ3v) is 3.91. The van der Waals surface area contributed by atoms with Crippen LogP contribution in [0.4, 0.5) is 5.69 Å². The molecule has 0 saturated carbocycles. The quantitative estimate of drug-likeness (QED) is 0.421.